The van der Waals surface area contributed by atoms with E-state index in [4.69, 9.17) is 10.00 Å². The molecule has 1 aromatic carbocycles. The number of benzene rings is 1. The molecule has 0 aliphatic heterocycles. The zero-order valence-corrected chi connectivity index (χ0v) is 13.2. The Hall–Kier alpha value is -3.40. The number of aryl methyl sites for hydroxylation is 1. The molecule has 24 heavy (non-hydrogen) atoms. The molecule has 0 saturated carbocycles. The summed E-state index contributed by atoms with van der Waals surface area (Å²) >= 11 is 0. The van der Waals surface area contributed by atoms with Crippen LogP contribution in [0.2, 0.25) is 0 Å². The molecule has 2 aromatic rings. The summed E-state index contributed by atoms with van der Waals surface area (Å²) in [5, 5.41) is 11.7. The number of amides is 1. The van der Waals surface area contributed by atoms with Crippen molar-refractivity contribution in [3.8, 4) is 11.8 Å². The monoisotopic (exact) mass is 325 g/mol. The molecule has 1 N–H and O–H groups in total. The van der Waals surface area contributed by atoms with Crippen molar-refractivity contribution in [1.29, 1.82) is 5.26 Å². The molecule has 0 radical (unpaired) electrons. The lowest BCUT2D eigenvalue weighted by Crippen LogP contribution is -2.21. The van der Waals surface area contributed by atoms with Gasteiger partial charge in [-0.2, -0.15) is 5.26 Å². The molecule has 0 saturated heterocycles. The molecule has 7 heteroatoms. The Bertz CT molecular complexity index is 794. The molecule has 1 aromatic heterocycles. The maximum Gasteiger partial charge on any atom is 0.337 e. The molecule has 0 aliphatic carbocycles. The van der Waals surface area contributed by atoms with Gasteiger partial charge in [0, 0.05) is 6.20 Å². The first-order chi connectivity index (χ1) is 11.5. The van der Waals surface area contributed by atoms with Gasteiger partial charge in [-0.25, -0.2) is 9.78 Å². The van der Waals surface area contributed by atoms with E-state index in [1.54, 1.807) is 12.3 Å². The summed E-state index contributed by atoms with van der Waals surface area (Å²) in [7, 11) is 1.25. The number of nitrogens with one attached hydrogen (secondary N) is 1. The molecule has 0 aliphatic rings. The Balaban J connectivity index is 2.00. The fraction of sp³-hybridized carbons (Fsp3) is 0.176. The van der Waals surface area contributed by atoms with Gasteiger partial charge in [0.05, 0.1) is 18.2 Å². The number of nitrogens with zero attached hydrogens (tertiary/aromatic N) is 2. The van der Waals surface area contributed by atoms with E-state index in [2.05, 4.69) is 15.0 Å². The third-order valence-electron chi connectivity index (χ3n) is 3.06. The topological polar surface area (TPSA) is 101 Å². The molecule has 1 amide bonds. The third kappa shape index (κ3) is 4.30. The molecule has 7 nitrogen and oxygen atoms in total. The lowest BCUT2D eigenvalue weighted by atomic mass is 10.1. The van der Waals surface area contributed by atoms with Gasteiger partial charge in [-0.3, -0.25) is 4.79 Å². The first-order valence-corrected chi connectivity index (χ1v) is 7.01. The van der Waals surface area contributed by atoms with Crippen LogP contribution >= 0.6 is 0 Å². The minimum atomic E-state index is -0.554. The average molecular weight is 325 g/mol. The lowest BCUT2D eigenvalue weighted by molar-refractivity contribution is -0.118. The quantitative estimate of drug-likeness (QED) is 0.844. The molecular weight excluding hydrogens is 310 g/mol. The number of rotatable bonds is 5. The standard InChI is InChI=1S/C17H15N3O4/c1-11-3-6-15(19-9-11)20-16(21)10-24-14-5-4-12(17(22)23-2)7-13(14)8-18/h3-7,9H,10H2,1-2H3,(H,19,20,21). The van der Waals surface area contributed by atoms with Crippen LogP contribution in [0.1, 0.15) is 21.5 Å². The van der Waals surface area contributed by atoms with Crippen LogP contribution in [0.5, 0.6) is 5.75 Å². The van der Waals surface area contributed by atoms with Crippen LogP contribution in [0.3, 0.4) is 0 Å². The SMILES string of the molecule is COC(=O)c1ccc(OCC(=O)Nc2ccc(C)cn2)c(C#N)c1. The van der Waals surface area contributed by atoms with Crippen molar-refractivity contribution in [2.24, 2.45) is 0 Å². The maximum absolute atomic E-state index is 11.9. The predicted octanol–water partition coefficient (Wildman–Crippen LogP) is 2.07. The van der Waals surface area contributed by atoms with Gasteiger partial charge in [0.1, 0.15) is 17.6 Å². The Morgan fingerprint density at radius 3 is 2.71 bits per heavy atom. The second-order valence-corrected chi connectivity index (χ2v) is 4.87. The fourth-order valence-corrected chi connectivity index (χ4v) is 1.85. The number of methoxy groups -OCH3 is 1. The van der Waals surface area contributed by atoms with Crippen molar-refractivity contribution < 1.29 is 19.1 Å². The van der Waals surface area contributed by atoms with Crippen molar-refractivity contribution in [2.45, 2.75) is 6.92 Å². The van der Waals surface area contributed by atoms with Crippen LogP contribution in [-0.2, 0) is 9.53 Å². The van der Waals surface area contributed by atoms with Gasteiger partial charge in [0.2, 0.25) is 0 Å². The Kier molecular flexibility index (Phi) is 5.47. The number of carbonyl (C=O) groups is 2. The minimum Gasteiger partial charge on any atom is -0.482 e. The smallest absolute Gasteiger partial charge is 0.337 e. The average Bonchev–Trinajstić information content (AvgIpc) is 2.61. The molecule has 0 fully saturated rings. The van der Waals surface area contributed by atoms with Crippen molar-refractivity contribution in [3.63, 3.8) is 0 Å². The third-order valence-corrected chi connectivity index (χ3v) is 3.06. The normalized spacial score (nSPS) is 9.71. The van der Waals surface area contributed by atoms with Crippen LogP contribution in [0.15, 0.2) is 36.5 Å². The predicted molar refractivity (Wildman–Crippen MR) is 85.6 cm³/mol. The molecule has 0 atom stereocenters. The van der Waals surface area contributed by atoms with E-state index < -0.39 is 11.9 Å². The highest BCUT2D eigenvalue weighted by atomic mass is 16.5. The summed E-state index contributed by atoms with van der Waals surface area (Å²) in [6.07, 6.45) is 1.63. The summed E-state index contributed by atoms with van der Waals surface area (Å²) in [5.41, 5.74) is 1.35. The van der Waals surface area contributed by atoms with Crippen LogP contribution in [0.4, 0.5) is 5.82 Å². The van der Waals surface area contributed by atoms with Crippen molar-refractivity contribution in [2.75, 3.05) is 19.0 Å². The molecule has 2 rings (SSSR count). The summed E-state index contributed by atoms with van der Waals surface area (Å²) in [6.45, 7) is 1.60. The van der Waals surface area contributed by atoms with E-state index in [-0.39, 0.29) is 23.5 Å². The largest absolute Gasteiger partial charge is 0.482 e. The van der Waals surface area contributed by atoms with Gasteiger partial charge >= 0.3 is 5.97 Å². The van der Waals surface area contributed by atoms with Crippen LogP contribution < -0.4 is 10.1 Å². The second-order valence-electron chi connectivity index (χ2n) is 4.87. The summed E-state index contributed by atoms with van der Waals surface area (Å²) < 4.78 is 9.93. The zero-order chi connectivity index (χ0) is 17.5. The highest BCUT2D eigenvalue weighted by Crippen LogP contribution is 2.20. The molecule has 0 unspecified atom stereocenters. The molecule has 122 valence electrons. The molecule has 0 bridgehead atoms. The lowest BCUT2D eigenvalue weighted by Gasteiger charge is -2.09. The number of ether oxygens (including phenoxy) is 2. The number of anilines is 1. The molecule has 1 heterocycles. The number of carbonyl (C=O) groups excluding carboxylic acids is 2. The summed E-state index contributed by atoms with van der Waals surface area (Å²) in [6, 6.07) is 9.67. The number of aromatic nitrogens is 1. The number of nitriles is 1. The van der Waals surface area contributed by atoms with E-state index in [0.717, 1.165) is 5.56 Å². The highest BCUT2D eigenvalue weighted by molar-refractivity contribution is 5.91. The van der Waals surface area contributed by atoms with E-state index in [9.17, 15) is 9.59 Å². The number of hydrogen-bond donors (Lipinski definition) is 1. The van der Waals surface area contributed by atoms with Crippen LogP contribution in [0, 0.1) is 18.3 Å². The minimum absolute atomic E-state index is 0.138. The summed E-state index contributed by atoms with van der Waals surface area (Å²) in [5.74, 6) is -0.346. The van der Waals surface area contributed by atoms with Gasteiger partial charge in [0.15, 0.2) is 6.61 Å². The van der Waals surface area contributed by atoms with Crippen molar-refractivity contribution in [3.05, 3.63) is 53.2 Å². The summed E-state index contributed by atoms with van der Waals surface area (Å²) in [4.78, 5) is 27.4. The van der Waals surface area contributed by atoms with Crippen molar-refractivity contribution in [1.82, 2.24) is 4.98 Å². The first kappa shape index (κ1) is 17.0. The Morgan fingerprint density at radius 1 is 1.29 bits per heavy atom. The van der Waals surface area contributed by atoms with Gasteiger partial charge in [-0.15, -0.1) is 0 Å². The molecular formula is C17H15N3O4. The van der Waals surface area contributed by atoms with Crippen molar-refractivity contribution >= 4 is 17.7 Å². The number of hydrogen-bond acceptors (Lipinski definition) is 6. The Labute approximate surface area is 138 Å². The van der Waals surface area contributed by atoms with Gasteiger partial charge < -0.3 is 14.8 Å². The zero-order valence-electron chi connectivity index (χ0n) is 13.2. The van der Waals surface area contributed by atoms with Gasteiger partial charge in [-0.1, -0.05) is 6.07 Å². The fourth-order valence-electron chi connectivity index (χ4n) is 1.85. The van der Waals surface area contributed by atoms with E-state index in [1.807, 2.05) is 19.1 Å². The number of pyridine rings is 1. The first-order valence-electron chi connectivity index (χ1n) is 7.01. The second kappa shape index (κ2) is 7.74. The van der Waals surface area contributed by atoms with E-state index >= 15 is 0 Å². The maximum atomic E-state index is 11.9. The van der Waals surface area contributed by atoms with Crippen LogP contribution in [0.25, 0.3) is 0 Å². The van der Waals surface area contributed by atoms with E-state index in [0.29, 0.717) is 5.82 Å². The Morgan fingerprint density at radius 2 is 2.08 bits per heavy atom. The highest BCUT2D eigenvalue weighted by Gasteiger charge is 2.12. The molecule has 0 spiro atoms. The van der Waals surface area contributed by atoms with Gasteiger partial charge in [-0.05, 0) is 36.8 Å². The van der Waals surface area contributed by atoms with E-state index in [1.165, 1.54) is 25.3 Å². The van der Waals surface area contributed by atoms with Gasteiger partial charge in [0.25, 0.3) is 5.91 Å². The number of esters is 1. The van der Waals surface area contributed by atoms with Crippen LogP contribution in [-0.4, -0.2) is 30.6 Å².